The van der Waals surface area contributed by atoms with E-state index >= 15 is 0 Å². The van der Waals surface area contributed by atoms with Crippen molar-refractivity contribution in [2.24, 2.45) is 0 Å². The summed E-state index contributed by atoms with van der Waals surface area (Å²) >= 11 is 0. The van der Waals surface area contributed by atoms with Gasteiger partial charge in [-0.05, 0) is 29.7 Å². The van der Waals surface area contributed by atoms with E-state index in [0.717, 1.165) is 30.6 Å². The lowest BCUT2D eigenvalue weighted by Crippen LogP contribution is -2.63. The molecule has 7 nitrogen and oxygen atoms in total. The number of likely N-dealkylation sites (tertiary alicyclic amines) is 1. The summed E-state index contributed by atoms with van der Waals surface area (Å²) in [6.45, 7) is 3.92. The number of piperazine rings is 1. The Hall–Kier alpha value is -2.97. The van der Waals surface area contributed by atoms with Gasteiger partial charge in [-0.2, -0.15) is 0 Å². The smallest absolute Gasteiger partial charge is 0.320 e. The Kier molecular flexibility index (Phi) is 6.28. The molecule has 1 unspecified atom stereocenters. The van der Waals surface area contributed by atoms with Gasteiger partial charge in [-0.15, -0.1) is 0 Å². The van der Waals surface area contributed by atoms with Crippen molar-refractivity contribution < 1.29 is 18.7 Å². The van der Waals surface area contributed by atoms with Crippen LogP contribution in [-0.4, -0.2) is 84.7 Å². The van der Waals surface area contributed by atoms with Crippen LogP contribution in [0.5, 0.6) is 0 Å². The topological polar surface area (TPSA) is 65.1 Å². The Morgan fingerprint density at radius 2 is 1.64 bits per heavy atom. The fourth-order valence-electron chi connectivity index (χ4n) is 5.14. The molecule has 0 saturated carbocycles. The van der Waals surface area contributed by atoms with E-state index in [1.165, 1.54) is 12.1 Å². The molecule has 3 atom stereocenters. The molecule has 3 aliphatic rings. The fraction of sp³-hybridized carbons (Fsp3) is 0.440. The molecule has 3 heterocycles. The highest BCUT2D eigenvalue weighted by molar-refractivity contribution is 5.79. The molecule has 0 aromatic heterocycles. The van der Waals surface area contributed by atoms with Crippen molar-refractivity contribution in [3.63, 3.8) is 0 Å². The van der Waals surface area contributed by atoms with Crippen molar-refractivity contribution >= 4 is 11.9 Å². The van der Waals surface area contributed by atoms with E-state index < -0.39 is 0 Å². The van der Waals surface area contributed by atoms with E-state index in [0.29, 0.717) is 26.2 Å². The first kappa shape index (κ1) is 21.9. The second kappa shape index (κ2) is 9.49. The van der Waals surface area contributed by atoms with Crippen molar-refractivity contribution in [2.75, 3.05) is 45.9 Å². The van der Waals surface area contributed by atoms with E-state index in [1.54, 1.807) is 0 Å². The first-order valence-corrected chi connectivity index (χ1v) is 11.6. The Morgan fingerprint density at radius 3 is 2.36 bits per heavy atom. The van der Waals surface area contributed by atoms with Gasteiger partial charge >= 0.3 is 6.03 Å². The normalized spacial score (nSPS) is 24.7. The average Bonchev–Trinajstić information content (AvgIpc) is 2.85. The lowest BCUT2D eigenvalue weighted by atomic mass is 9.96. The summed E-state index contributed by atoms with van der Waals surface area (Å²) in [4.78, 5) is 31.0. The van der Waals surface area contributed by atoms with Gasteiger partial charge in [0.1, 0.15) is 12.4 Å². The van der Waals surface area contributed by atoms with Crippen molar-refractivity contribution in [3.05, 3.63) is 71.5 Å². The summed E-state index contributed by atoms with van der Waals surface area (Å²) in [5.41, 5.74) is 2.19. The van der Waals surface area contributed by atoms with Crippen LogP contribution in [0, 0.1) is 5.82 Å². The van der Waals surface area contributed by atoms with E-state index in [1.807, 2.05) is 40.1 Å². The number of morpholine rings is 1. The minimum Gasteiger partial charge on any atom is -0.366 e. The van der Waals surface area contributed by atoms with Crippen LogP contribution in [0.3, 0.4) is 0 Å². The number of benzene rings is 2. The van der Waals surface area contributed by atoms with Crippen molar-refractivity contribution in [2.45, 2.75) is 24.6 Å². The molecule has 3 saturated heterocycles. The fourth-order valence-corrected chi connectivity index (χ4v) is 5.14. The third-order valence-corrected chi connectivity index (χ3v) is 6.85. The maximum absolute atomic E-state index is 13.5. The Morgan fingerprint density at radius 1 is 0.939 bits per heavy atom. The van der Waals surface area contributed by atoms with Crippen LogP contribution in [0.15, 0.2) is 54.6 Å². The summed E-state index contributed by atoms with van der Waals surface area (Å²) < 4.78 is 19.1. The molecule has 3 aliphatic heterocycles. The van der Waals surface area contributed by atoms with Gasteiger partial charge in [0.15, 0.2) is 0 Å². The van der Waals surface area contributed by atoms with Crippen molar-refractivity contribution in [3.8, 4) is 0 Å². The molecule has 1 N–H and O–H groups in total. The number of urea groups is 1. The highest BCUT2D eigenvalue weighted by Gasteiger charge is 2.38. The molecule has 2 aromatic carbocycles. The molecule has 174 valence electrons. The SMILES string of the molecule is O=C1CO[C@@H]2CCN(C(=O)N3CCN(C(c4ccccc4)c4ccc(F)cc4)CC3)C[C@@H]2N1. The third kappa shape index (κ3) is 4.72. The van der Waals surface area contributed by atoms with Crippen LogP contribution < -0.4 is 5.32 Å². The summed E-state index contributed by atoms with van der Waals surface area (Å²) in [6.07, 6.45) is 0.725. The highest BCUT2D eigenvalue weighted by Crippen LogP contribution is 2.30. The van der Waals surface area contributed by atoms with Crippen molar-refractivity contribution in [1.29, 1.82) is 0 Å². The first-order valence-electron chi connectivity index (χ1n) is 11.6. The number of carbonyl (C=O) groups is 2. The van der Waals surface area contributed by atoms with E-state index in [4.69, 9.17) is 4.74 Å². The van der Waals surface area contributed by atoms with Gasteiger partial charge in [-0.1, -0.05) is 42.5 Å². The zero-order chi connectivity index (χ0) is 22.8. The van der Waals surface area contributed by atoms with Crippen LogP contribution in [0.25, 0.3) is 0 Å². The molecule has 0 radical (unpaired) electrons. The van der Waals surface area contributed by atoms with E-state index in [2.05, 4.69) is 22.3 Å². The maximum Gasteiger partial charge on any atom is 0.320 e. The lowest BCUT2D eigenvalue weighted by Gasteiger charge is -2.44. The van der Waals surface area contributed by atoms with Gasteiger partial charge in [-0.25, -0.2) is 9.18 Å². The van der Waals surface area contributed by atoms with Crippen LogP contribution in [0.1, 0.15) is 23.6 Å². The zero-order valence-corrected chi connectivity index (χ0v) is 18.5. The van der Waals surface area contributed by atoms with Gasteiger partial charge in [0.2, 0.25) is 5.91 Å². The quantitative estimate of drug-likeness (QED) is 0.776. The van der Waals surface area contributed by atoms with Gasteiger partial charge in [0.25, 0.3) is 0 Å². The average molecular weight is 453 g/mol. The minimum atomic E-state index is -0.246. The Bertz CT molecular complexity index is 979. The van der Waals surface area contributed by atoms with Gasteiger partial charge in [-0.3, -0.25) is 9.69 Å². The largest absolute Gasteiger partial charge is 0.366 e. The standard InChI is InChI=1S/C25H29FN4O3/c26-20-8-6-19(7-9-20)24(18-4-2-1-3-5-18)28-12-14-29(15-13-28)25(32)30-11-10-22-21(16-30)27-23(31)17-33-22/h1-9,21-22,24H,10-17H2,(H,27,31)/t21-,22+,24?/m0/s1. The van der Waals surface area contributed by atoms with E-state index in [9.17, 15) is 14.0 Å². The molecule has 0 spiro atoms. The van der Waals surface area contributed by atoms with Crippen LogP contribution in [0.4, 0.5) is 9.18 Å². The van der Waals surface area contributed by atoms with Gasteiger partial charge < -0.3 is 19.9 Å². The molecule has 8 heteroatoms. The number of rotatable bonds is 3. The Balaban J connectivity index is 1.25. The number of hydrogen-bond acceptors (Lipinski definition) is 4. The van der Waals surface area contributed by atoms with Gasteiger partial charge in [0, 0.05) is 39.3 Å². The summed E-state index contributed by atoms with van der Waals surface area (Å²) in [5.74, 6) is -0.365. The molecule has 3 amide bonds. The number of nitrogens with zero attached hydrogens (tertiary/aromatic N) is 3. The highest BCUT2D eigenvalue weighted by atomic mass is 19.1. The van der Waals surface area contributed by atoms with Gasteiger partial charge in [0.05, 0.1) is 18.2 Å². The first-order chi connectivity index (χ1) is 16.1. The number of piperidine rings is 1. The summed E-state index contributed by atoms with van der Waals surface area (Å²) in [5, 5.41) is 2.96. The Labute approximate surface area is 193 Å². The second-order valence-corrected chi connectivity index (χ2v) is 8.93. The molecule has 33 heavy (non-hydrogen) atoms. The molecule has 3 fully saturated rings. The number of hydrogen-bond donors (Lipinski definition) is 1. The maximum atomic E-state index is 13.5. The molecule has 5 rings (SSSR count). The summed E-state index contributed by atoms with van der Waals surface area (Å²) in [6, 6.07) is 16.8. The molecule has 2 aromatic rings. The second-order valence-electron chi connectivity index (χ2n) is 8.93. The third-order valence-electron chi connectivity index (χ3n) is 6.85. The number of nitrogens with one attached hydrogen (secondary N) is 1. The monoisotopic (exact) mass is 452 g/mol. The van der Waals surface area contributed by atoms with E-state index in [-0.39, 0.29) is 42.6 Å². The molecule has 0 aliphatic carbocycles. The number of ether oxygens (including phenoxy) is 1. The number of fused-ring (bicyclic) bond motifs is 1. The van der Waals surface area contributed by atoms with Crippen LogP contribution >= 0.6 is 0 Å². The molecular formula is C25H29FN4O3. The predicted octanol–water partition coefficient (Wildman–Crippen LogP) is 2.24. The van der Waals surface area contributed by atoms with Crippen molar-refractivity contribution in [1.82, 2.24) is 20.0 Å². The lowest BCUT2D eigenvalue weighted by molar-refractivity contribution is -0.139. The van der Waals surface area contributed by atoms with Crippen LogP contribution in [0.2, 0.25) is 0 Å². The predicted molar refractivity (Wildman–Crippen MR) is 121 cm³/mol. The minimum absolute atomic E-state index is 0.00839. The number of amides is 3. The zero-order valence-electron chi connectivity index (χ0n) is 18.5. The van der Waals surface area contributed by atoms with Crippen LogP contribution in [-0.2, 0) is 9.53 Å². The molecular weight excluding hydrogens is 423 g/mol. The number of carbonyl (C=O) groups excluding carboxylic acids is 2. The molecule has 0 bridgehead atoms. The summed E-state index contributed by atoms with van der Waals surface area (Å²) in [7, 11) is 0. The number of halogens is 1.